The lowest BCUT2D eigenvalue weighted by Crippen LogP contribution is -2.34. The second kappa shape index (κ2) is 8.11. The topological polar surface area (TPSA) is 50.3 Å². The number of aryl methyl sites for hydroxylation is 1. The van der Waals surface area contributed by atoms with Crippen LogP contribution in [0.4, 0.5) is 21.8 Å². The molecule has 6 heteroatoms. The van der Waals surface area contributed by atoms with Crippen LogP contribution >= 0.6 is 0 Å². The molecule has 32 heavy (non-hydrogen) atoms. The molecule has 1 atom stereocenters. The number of aromatic nitrogens is 2. The molecule has 0 spiro atoms. The minimum absolute atomic E-state index is 0.171. The highest BCUT2D eigenvalue weighted by molar-refractivity contribution is 5.95. The van der Waals surface area contributed by atoms with Crippen LogP contribution in [0.5, 0.6) is 5.75 Å². The van der Waals surface area contributed by atoms with Crippen LogP contribution in [0.2, 0.25) is 0 Å². The van der Waals surface area contributed by atoms with Crippen molar-refractivity contribution in [2.75, 3.05) is 23.9 Å². The van der Waals surface area contributed by atoms with Crippen molar-refractivity contribution in [3.8, 4) is 5.75 Å². The van der Waals surface area contributed by atoms with Crippen molar-refractivity contribution in [2.24, 2.45) is 0 Å². The maximum Gasteiger partial charge on any atom is 0.229 e. The summed E-state index contributed by atoms with van der Waals surface area (Å²) in [4.78, 5) is 12.0. The van der Waals surface area contributed by atoms with E-state index in [4.69, 9.17) is 14.7 Å². The van der Waals surface area contributed by atoms with E-state index in [0.717, 1.165) is 40.9 Å². The van der Waals surface area contributed by atoms with Crippen LogP contribution in [-0.4, -0.2) is 23.6 Å². The van der Waals surface area contributed by atoms with Crippen LogP contribution in [-0.2, 0) is 6.42 Å². The maximum absolute atomic E-state index is 13.6. The van der Waals surface area contributed by atoms with Crippen molar-refractivity contribution < 1.29 is 9.13 Å². The zero-order valence-electron chi connectivity index (χ0n) is 18.4. The fraction of sp³-hybridized carbons (Fsp3) is 0.231. The summed E-state index contributed by atoms with van der Waals surface area (Å²) < 4.78 is 19.2. The summed E-state index contributed by atoms with van der Waals surface area (Å²) in [6.07, 6.45) is 0.954. The van der Waals surface area contributed by atoms with Crippen molar-refractivity contribution in [1.29, 1.82) is 0 Å². The van der Waals surface area contributed by atoms with Gasteiger partial charge >= 0.3 is 0 Å². The van der Waals surface area contributed by atoms with Gasteiger partial charge in [0.2, 0.25) is 5.95 Å². The Bertz CT molecular complexity index is 1310. The van der Waals surface area contributed by atoms with Crippen LogP contribution < -0.4 is 15.0 Å². The van der Waals surface area contributed by atoms with Gasteiger partial charge < -0.3 is 15.0 Å². The van der Waals surface area contributed by atoms with Crippen LogP contribution in [0.3, 0.4) is 0 Å². The van der Waals surface area contributed by atoms with Crippen molar-refractivity contribution in [1.82, 2.24) is 9.97 Å². The monoisotopic (exact) mass is 428 g/mol. The Kier molecular flexibility index (Phi) is 5.13. The lowest BCUT2D eigenvalue weighted by Gasteiger charge is -2.37. The Balaban J connectivity index is 1.65. The first-order valence-corrected chi connectivity index (χ1v) is 10.8. The Hall–Kier alpha value is -3.67. The number of anilines is 3. The smallest absolute Gasteiger partial charge is 0.229 e. The number of hydrogen-bond acceptors (Lipinski definition) is 5. The molecule has 0 amide bonds. The van der Waals surface area contributed by atoms with Crippen LogP contribution in [0.15, 0.2) is 60.7 Å². The number of hydrogen-bond donors (Lipinski definition) is 1. The van der Waals surface area contributed by atoms with Crippen molar-refractivity contribution in [3.63, 3.8) is 0 Å². The first-order valence-electron chi connectivity index (χ1n) is 10.8. The normalized spacial score (nSPS) is 15.5. The Morgan fingerprint density at radius 3 is 2.72 bits per heavy atom. The fourth-order valence-electron chi connectivity index (χ4n) is 4.50. The Morgan fingerprint density at radius 1 is 1.06 bits per heavy atom. The molecule has 1 aromatic heterocycles. The van der Waals surface area contributed by atoms with Gasteiger partial charge in [-0.3, -0.25) is 0 Å². The highest BCUT2D eigenvalue weighted by Gasteiger charge is 2.27. The standard InChI is InChI=1S/C26H25FN4O/c1-16-15-19(27)11-12-22(16)28-26-29-24-21(9-6-10-23(24)32-3)25(30-26)31-14-13-18-7-4-5-8-20(18)17(31)2/h4-12,15,17H,13-14H2,1-3H3,(H,28,29,30)/t17-/m0/s1. The van der Waals surface area contributed by atoms with E-state index in [9.17, 15) is 4.39 Å². The van der Waals surface area contributed by atoms with Gasteiger partial charge in [0, 0.05) is 17.6 Å². The second-order valence-electron chi connectivity index (χ2n) is 8.13. The molecule has 0 saturated heterocycles. The van der Waals surface area contributed by atoms with Crippen molar-refractivity contribution >= 4 is 28.4 Å². The van der Waals surface area contributed by atoms with Crippen molar-refractivity contribution in [3.05, 3.63) is 83.2 Å². The number of para-hydroxylation sites is 1. The fourth-order valence-corrected chi connectivity index (χ4v) is 4.50. The summed E-state index contributed by atoms with van der Waals surface area (Å²) in [7, 11) is 1.65. The molecular weight excluding hydrogens is 403 g/mol. The third-order valence-electron chi connectivity index (χ3n) is 6.19. The number of nitrogens with zero attached hydrogens (tertiary/aromatic N) is 3. The third-order valence-corrected chi connectivity index (χ3v) is 6.19. The van der Waals surface area contributed by atoms with Gasteiger partial charge in [0.1, 0.15) is 22.9 Å². The summed E-state index contributed by atoms with van der Waals surface area (Å²) in [6, 6.07) is 19.3. The number of halogens is 1. The molecule has 1 aliphatic heterocycles. The van der Waals surface area contributed by atoms with E-state index >= 15 is 0 Å². The second-order valence-corrected chi connectivity index (χ2v) is 8.13. The third kappa shape index (κ3) is 3.51. The number of methoxy groups -OCH3 is 1. The average Bonchev–Trinajstić information content (AvgIpc) is 2.80. The van der Waals surface area contributed by atoms with E-state index in [1.807, 2.05) is 25.1 Å². The minimum Gasteiger partial charge on any atom is -0.494 e. The lowest BCUT2D eigenvalue weighted by atomic mass is 9.93. The van der Waals surface area contributed by atoms with E-state index < -0.39 is 0 Å². The molecule has 1 aliphatic rings. The Labute approximate surface area is 186 Å². The largest absolute Gasteiger partial charge is 0.494 e. The highest BCUT2D eigenvalue weighted by Crippen LogP contribution is 2.38. The molecule has 0 bridgehead atoms. The van der Waals surface area contributed by atoms with Crippen LogP contribution in [0, 0.1) is 12.7 Å². The van der Waals surface area contributed by atoms with E-state index in [2.05, 4.69) is 41.4 Å². The van der Waals surface area contributed by atoms with Gasteiger partial charge in [0.15, 0.2) is 0 Å². The molecule has 0 aliphatic carbocycles. The average molecular weight is 429 g/mol. The van der Waals surface area contributed by atoms with Gasteiger partial charge in [-0.05, 0) is 67.3 Å². The first-order chi connectivity index (χ1) is 15.5. The first kappa shape index (κ1) is 20.2. The number of nitrogens with one attached hydrogen (secondary N) is 1. The predicted molar refractivity (Wildman–Crippen MR) is 126 cm³/mol. The maximum atomic E-state index is 13.6. The van der Waals surface area contributed by atoms with Gasteiger partial charge in [0.25, 0.3) is 0 Å². The van der Waals surface area contributed by atoms with E-state index in [0.29, 0.717) is 11.7 Å². The molecule has 162 valence electrons. The van der Waals surface area contributed by atoms with Gasteiger partial charge in [-0.15, -0.1) is 0 Å². The summed E-state index contributed by atoms with van der Waals surface area (Å²) in [5.74, 6) is 1.74. The molecule has 0 saturated carbocycles. The van der Waals surface area contributed by atoms with E-state index in [1.165, 1.54) is 23.3 Å². The Morgan fingerprint density at radius 2 is 1.91 bits per heavy atom. The van der Waals surface area contributed by atoms with Crippen LogP contribution in [0.1, 0.15) is 29.7 Å². The van der Waals surface area contributed by atoms with E-state index in [1.54, 1.807) is 13.2 Å². The number of ether oxygens (including phenoxy) is 1. The molecule has 3 aromatic carbocycles. The molecule has 4 aromatic rings. The zero-order chi connectivity index (χ0) is 22.2. The highest BCUT2D eigenvalue weighted by atomic mass is 19.1. The van der Waals surface area contributed by atoms with Gasteiger partial charge in [0.05, 0.1) is 13.2 Å². The van der Waals surface area contributed by atoms with Crippen LogP contribution in [0.25, 0.3) is 10.9 Å². The minimum atomic E-state index is -0.268. The van der Waals surface area contributed by atoms with Gasteiger partial charge in [-0.2, -0.15) is 4.98 Å². The molecule has 5 rings (SSSR count). The summed E-state index contributed by atoms with van der Waals surface area (Å²) in [6.45, 7) is 4.93. The van der Waals surface area contributed by atoms with Gasteiger partial charge in [-0.1, -0.05) is 30.3 Å². The summed E-state index contributed by atoms with van der Waals surface area (Å²) in [5, 5.41) is 4.23. The number of fused-ring (bicyclic) bond motifs is 2. The molecule has 5 nitrogen and oxygen atoms in total. The van der Waals surface area contributed by atoms with Crippen molar-refractivity contribution in [2.45, 2.75) is 26.3 Å². The molecule has 0 radical (unpaired) electrons. The summed E-state index contributed by atoms with van der Waals surface area (Å²) >= 11 is 0. The van der Waals surface area contributed by atoms with Gasteiger partial charge in [-0.25, -0.2) is 9.37 Å². The number of benzene rings is 3. The molecule has 2 heterocycles. The zero-order valence-corrected chi connectivity index (χ0v) is 18.4. The molecule has 1 N–H and O–H groups in total. The molecule has 0 unspecified atom stereocenters. The molecular formula is C26H25FN4O. The molecule has 0 fully saturated rings. The quantitative estimate of drug-likeness (QED) is 0.435. The SMILES string of the molecule is COc1cccc2c(N3CCc4ccccc4[C@@H]3C)nc(Nc3ccc(F)cc3C)nc12. The van der Waals surface area contributed by atoms with E-state index in [-0.39, 0.29) is 11.9 Å². The summed E-state index contributed by atoms with van der Waals surface area (Å²) in [5.41, 5.74) is 5.00. The lowest BCUT2D eigenvalue weighted by molar-refractivity contribution is 0.419. The number of rotatable bonds is 4. The predicted octanol–water partition coefficient (Wildman–Crippen LogP) is 5.95.